The number of ketones is 1. The highest BCUT2D eigenvalue weighted by Gasteiger charge is 2.36. The van der Waals surface area contributed by atoms with Crippen LogP contribution in [0.5, 0.6) is 5.75 Å². The standard InChI is InChI=1S/C22H21N5O2S/c1-29-16-10-8-14(9-11-16)20-19-17(6-4-7-18(19)28)24-21-25-22(26-27(20)21)30-13-15-5-2-3-12-23-15/h2-3,5,8-12,20H,4,6-7,13H2,1H3,(H,24,25,26)/t20-/m0/s1. The van der Waals surface area contributed by atoms with Gasteiger partial charge in [0.15, 0.2) is 5.78 Å². The molecular formula is C22H21N5O2S. The third-order valence-corrected chi connectivity index (χ3v) is 6.23. The van der Waals surface area contributed by atoms with E-state index in [1.165, 1.54) is 11.8 Å². The Balaban J connectivity index is 1.51. The van der Waals surface area contributed by atoms with Crippen molar-refractivity contribution in [1.29, 1.82) is 0 Å². The van der Waals surface area contributed by atoms with Crippen molar-refractivity contribution in [3.8, 4) is 5.75 Å². The van der Waals surface area contributed by atoms with Gasteiger partial charge < -0.3 is 10.1 Å². The molecule has 0 bridgehead atoms. The number of methoxy groups -OCH3 is 1. The van der Waals surface area contributed by atoms with E-state index in [2.05, 4.69) is 10.3 Å². The van der Waals surface area contributed by atoms with Gasteiger partial charge in [-0.05, 0) is 42.7 Å². The van der Waals surface area contributed by atoms with Crippen molar-refractivity contribution in [3.05, 3.63) is 71.2 Å². The Hall–Kier alpha value is -3.13. The van der Waals surface area contributed by atoms with Gasteiger partial charge in [0.05, 0.1) is 12.8 Å². The van der Waals surface area contributed by atoms with Crippen molar-refractivity contribution in [2.24, 2.45) is 0 Å². The van der Waals surface area contributed by atoms with Gasteiger partial charge in [0.25, 0.3) is 0 Å². The number of allylic oxidation sites excluding steroid dienone is 2. The van der Waals surface area contributed by atoms with Gasteiger partial charge in [-0.25, -0.2) is 4.68 Å². The normalized spacial score (nSPS) is 17.9. The summed E-state index contributed by atoms with van der Waals surface area (Å²) >= 11 is 1.54. The second-order valence-corrected chi connectivity index (χ2v) is 8.18. The first kappa shape index (κ1) is 18.9. The van der Waals surface area contributed by atoms with Crippen LogP contribution >= 0.6 is 11.8 Å². The highest BCUT2D eigenvalue weighted by molar-refractivity contribution is 7.98. The van der Waals surface area contributed by atoms with Crippen molar-refractivity contribution in [2.45, 2.75) is 36.2 Å². The topological polar surface area (TPSA) is 81.9 Å². The van der Waals surface area contributed by atoms with E-state index >= 15 is 0 Å². The molecule has 152 valence electrons. The van der Waals surface area contributed by atoms with Crippen molar-refractivity contribution in [3.63, 3.8) is 0 Å². The van der Waals surface area contributed by atoms with Crippen molar-refractivity contribution in [2.75, 3.05) is 12.4 Å². The van der Waals surface area contributed by atoms with Gasteiger partial charge in [0, 0.05) is 29.6 Å². The molecule has 0 saturated carbocycles. The van der Waals surface area contributed by atoms with Gasteiger partial charge in [-0.3, -0.25) is 9.78 Å². The summed E-state index contributed by atoms with van der Waals surface area (Å²) in [5.41, 5.74) is 3.73. The first-order valence-electron chi connectivity index (χ1n) is 9.89. The third-order valence-electron chi connectivity index (χ3n) is 5.36. The van der Waals surface area contributed by atoms with E-state index in [0.717, 1.165) is 41.1 Å². The van der Waals surface area contributed by atoms with E-state index in [-0.39, 0.29) is 11.8 Å². The molecule has 3 heterocycles. The number of hydrogen-bond donors (Lipinski definition) is 1. The lowest BCUT2D eigenvalue weighted by Crippen LogP contribution is -2.31. The fraction of sp³-hybridized carbons (Fsp3) is 0.273. The van der Waals surface area contributed by atoms with Crippen molar-refractivity contribution < 1.29 is 9.53 Å². The van der Waals surface area contributed by atoms with Crippen LogP contribution in [0, 0.1) is 0 Å². The Morgan fingerprint density at radius 2 is 2.07 bits per heavy atom. The predicted molar refractivity (Wildman–Crippen MR) is 114 cm³/mol. The second kappa shape index (κ2) is 7.95. The summed E-state index contributed by atoms with van der Waals surface area (Å²) in [6.45, 7) is 0. The average Bonchev–Trinajstić information content (AvgIpc) is 3.20. The highest BCUT2D eigenvalue weighted by atomic mass is 32.2. The number of benzene rings is 1. The Bertz CT molecular complexity index is 1110. The van der Waals surface area contributed by atoms with Gasteiger partial charge in [0.2, 0.25) is 11.1 Å². The average molecular weight is 420 g/mol. The molecule has 0 unspecified atom stereocenters. The minimum absolute atomic E-state index is 0.174. The SMILES string of the molecule is COc1ccc([C@H]2C3=C(CCCC3=O)Nc3nc(SCc4ccccn4)nn32)cc1. The van der Waals surface area contributed by atoms with Gasteiger partial charge in [0.1, 0.15) is 11.8 Å². The molecule has 7 nitrogen and oxygen atoms in total. The predicted octanol–water partition coefficient (Wildman–Crippen LogP) is 4.00. The zero-order valence-corrected chi connectivity index (χ0v) is 17.4. The van der Waals surface area contributed by atoms with E-state index in [9.17, 15) is 4.79 Å². The summed E-state index contributed by atoms with van der Waals surface area (Å²) < 4.78 is 7.13. The lowest BCUT2D eigenvalue weighted by Gasteiger charge is -2.32. The van der Waals surface area contributed by atoms with E-state index in [1.54, 1.807) is 13.3 Å². The Labute approximate surface area is 178 Å². The summed E-state index contributed by atoms with van der Waals surface area (Å²) in [4.78, 5) is 21.9. The molecular weight excluding hydrogens is 398 g/mol. The molecule has 1 aliphatic heterocycles. The molecule has 5 rings (SSSR count). The molecule has 30 heavy (non-hydrogen) atoms. The number of nitrogens with zero attached hydrogens (tertiary/aromatic N) is 4. The molecule has 0 fully saturated rings. The number of thioether (sulfide) groups is 1. The molecule has 0 saturated heterocycles. The van der Waals surface area contributed by atoms with E-state index in [1.807, 2.05) is 47.1 Å². The molecule has 0 spiro atoms. The number of fused-ring (bicyclic) bond motifs is 1. The molecule has 2 aliphatic rings. The largest absolute Gasteiger partial charge is 0.497 e. The maximum absolute atomic E-state index is 12.9. The summed E-state index contributed by atoms with van der Waals surface area (Å²) in [6, 6.07) is 13.4. The van der Waals surface area contributed by atoms with Crippen molar-refractivity contribution in [1.82, 2.24) is 19.7 Å². The smallest absolute Gasteiger partial charge is 0.227 e. The first-order chi connectivity index (χ1) is 14.7. The number of carbonyl (C=O) groups excluding carboxylic acids is 1. The Morgan fingerprint density at radius 1 is 1.20 bits per heavy atom. The van der Waals surface area contributed by atoms with Gasteiger partial charge in [-0.15, -0.1) is 5.10 Å². The summed E-state index contributed by atoms with van der Waals surface area (Å²) in [5.74, 6) is 2.31. The maximum atomic E-state index is 12.9. The van der Waals surface area contributed by atoms with Crippen LogP contribution in [0.4, 0.5) is 5.95 Å². The fourth-order valence-corrected chi connectivity index (χ4v) is 4.66. The van der Waals surface area contributed by atoms with Gasteiger partial charge in [-0.1, -0.05) is 30.0 Å². The number of anilines is 1. The summed E-state index contributed by atoms with van der Waals surface area (Å²) in [6.07, 6.45) is 4.05. The van der Waals surface area contributed by atoms with Crippen LogP contribution in [0.3, 0.4) is 0 Å². The third kappa shape index (κ3) is 3.47. The number of hydrogen-bond acceptors (Lipinski definition) is 7. The minimum Gasteiger partial charge on any atom is -0.497 e. The molecule has 1 aromatic carbocycles. The minimum atomic E-state index is -0.286. The van der Waals surface area contributed by atoms with Crippen LogP contribution in [0.15, 0.2) is 65.1 Å². The second-order valence-electron chi connectivity index (χ2n) is 7.24. The quantitative estimate of drug-likeness (QED) is 0.626. The number of rotatable bonds is 5. The molecule has 3 aromatic rings. The van der Waals surface area contributed by atoms with Crippen molar-refractivity contribution >= 4 is 23.5 Å². The summed E-state index contributed by atoms with van der Waals surface area (Å²) in [7, 11) is 1.64. The van der Waals surface area contributed by atoms with Crippen LogP contribution < -0.4 is 10.1 Å². The number of aromatic nitrogens is 4. The number of nitrogens with one attached hydrogen (secondary N) is 1. The molecule has 1 atom stereocenters. The number of Topliss-reactive ketones (excluding diaryl/α,β-unsaturated/α-hetero) is 1. The molecule has 0 amide bonds. The molecule has 1 N–H and O–H groups in total. The highest BCUT2D eigenvalue weighted by Crippen LogP contribution is 2.41. The number of pyridine rings is 1. The van der Waals surface area contributed by atoms with E-state index in [0.29, 0.717) is 23.3 Å². The zero-order chi connectivity index (χ0) is 20.5. The first-order valence-corrected chi connectivity index (χ1v) is 10.9. The van der Waals surface area contributed by atoms with Crippen LogP contribution in [-0.4, -0.2) is 32.6 Å². The Kier molecular flexibility index (Phi) is 5.00. The summed E-state index contributed by atoms with van der Waals surface area (Å²) in [5, 5.41) is 8.78. The lowest BCUT2D eigenvalue weighted by molar-refractivity contribution is -0.116. The van der Waals surface area contributed by atoms with Gasteiger partial charge >= 0.3 is 0 Å². The van der Waals surface area contributed by atoms with Crippen LogP contribution in [0.1, 0.15) is 36.6 Å². The number of ether oxygens (including phenoxy) is 1. The van der Waals surface area contributed by atoms with Crippen LogP contribution in [0.25, 0.3) is 0 Å². The molecule has 0 radical (unpaired) electrons. The lowest BCUT2D eigenvalue weighted by atomic mass is 9.85. The monoisotopic (exact) mass is 419 g/mol. The fourth-order valence-electron chi connectivity index (χ4n) is 3.91. The number of carbonyl (C=O) groups is 1. The van der Waals surface area contributed by atoms with E-state index in [4.69, 9.17) is 14.8 Å². The Morgan fingerprint density at radius 3 is 2.83 bits per heavy atom. The molecule has 1 aliphatic carbocycles. The van der Waals surface area contributed by atoms with Gasteiger partial charge in [-0.2, -0.15) is 4.98 Å². The van der Waals surface area contributed by atoms with E-state index < -0.39 is 0 Å². The zero-order valence-electron chi connectivity index (χ0n) is 16.5. The molecule has 8 heteroatoms. The molecule has 2 aromatic heterocycles. The van der Waals surface area contributed by atoms with Crippen LogP contribution in [0.2, 0.25) is 0 Å². The van der Waals surface area contributed by atoms with Crippen LogP contribution in [-0.2, 0) is 10.5 Å². The maximum Gasteiger partial charge on any atom is 0.227 e.